The first-order chi connectivity index (χ1) is 12.7. The Bertz CT molecular complexity index is 745. The molecule has 2 aromatic heterocycles. The highest BCUT2D eigenvalue weighted by atomic mass is 16.5. The average molecular weight is 356 g/mol. The van der Waals surface area contributed by atoms with Crippen molar-refractivity contribution in [2.75, 3.05) is 19.8 Å². The number of amides is 1. The molecule has 4 rings (SSSR count). The van der Waals surface area contributed by atoms with Gasteiger partial charge in [-0.3, -0.25) is 9.78 Å². The third kappa shape index (κ3) is 3.66. The molecule has 2 fully saturated rings. The molecule has 2 aliphatic rings. The second-order valence-electron chi connectivity index (χ2n) is 7.06. The van der Waals surface area contributed by atoms with Gasteiger partial charge in [-0.05, 0) is 49.9 Å². The van der Waals surface area contributed by atoms with Crippen LogP contribution < -0.4 is 0 Å². The van der Waals surface area contributed by atoms with Crippen LogP contribution in [0, 0.1) is 12.8 Å². The molecule has 3 heterocycles. The lowest BCUT2D eigenvalue weighted by molar-refractivity contribution is -0.0459. The number of hydrogen-bond donors (Lipinski definition) is 0. The minimum atomic E-state index is -0.0357. The maximum atomic E-state index is 12.8. The van der Waals surface area contributed by atoms with E-state index in [-0.39, 0.29) is 18.1 Å². The molecule has 1 amide bonds. The first-order valence-corrected chi connectivity index (χ1v) is 9.17. The lowest BCUT2D eigenvalue weighted by atomic mass is 10.1. The Balaban J connectivity index is 1.34. The summed E-state index contributed by atoms with van der Waals surface area (Å²) in [6, 6.07) is 9.50. The SMILES string of the molecule is Cc1ccc(C(=O)N2CCO[C@@H]3C[C@H](COCc4ccccn4)C[C@H]32)o1. The van der Waals surface area contributed by atoms with E-state index in [0.717, 1.165) is 24.3 Å². The molecule has 6 heteroatoms. The number of rotatable bonds is 5. The summed E-state index contributed by atoms with van der Waals surface area (Å²) in [6.07, 6.45) is 3.69. The number of carbonyl (C=O) groups excluding carboxylic acids is 1. The largest absolute Gasteiger partial charge is 0.456 e. The van der Waals surface area contributed by atoms with Crippen molar-refractivity contribution in [3.05, 3.63) is 53.7 Å². The number of aryl methyl sites for hydroxylation is 1. The first-order valence-electron chi connectivity index (χ1n) is 9.17. The zero-order chi connectivity index (χ0) is 17.9. The van der Waals surface area contributed by atoms with Crippen molar-refractivity contribution in [1.82, 2.24) is 9.88 Å². The fourth-order valence-corrected chi connectivity index (χ4v) is 3.94. The summed E-state index contributed by atoms with van der Waals surface area (Å²) < 4.78 is 17.3. The molecule has 1 saturated carbocycles. The number of carbonyl (C=O) groups is 1. The predicted molar refractivity (Wildman–Crippen MR) is 94.6 cm³/mol. The van der Waals surface area contributed by atoms with Gasteiger partial charge in [0, 0.05) is 12.7 Å². The lowest BCUT2D eigenvalue weighted by Crippen LogP contribution is -2.51. The maximum Gasteiger partial charge on any atom is 0.289 e. The fourth-order valence-electron chi connectivity index (χ4n) is 3.94. The zero-order valence-corrected chi connectivity index (χ0v) is 15.0. The van der Waals surface area contributed by atoms with E-state index in [0.29, 0.717) is 38.0 Å². The number of nitrogens with zero attached hydrogens (tertiary/aromatic N) is 2. The van der Waals surface area contributed by atoms with E-state index < -0.39 is 0 Å². The van der Waals surface area contributed by atoms with E-state index in [9.17, 15) is 4.79 Å². The Kier molecular flexibility index (Phi) is 5.04. The van der Waals surface area contributed by atoms with Gasteiger partial charge in [-0.15, -0.1) is 0 Å². The number of pyridine rings is 1. The summed E-state index contributed by atoms with van der Waals surface area (Å²) in [5.41, 5.74) is 0.934. The van der Waals surface area contributed by atoms with Gasteiger partial charge in [-0.1, -0.05) is 6.07 Å². The summed E-state index contributed by atoms with van der Waals surface area (Å²) in [7, 11) is 0. The topological polar surface area (TPSA) is 64.8 Å². The van der Waals surface area contributed by atoms with E-state index in [2.05, 4.69) is 4.98 Å². The Hall–Kier alpha value is -2.18. The number of fused-ring (bicyclic) bond motifs is 1. The zero-order valence-electron chi connectivity index (χ0n) is 15.0. The van der Waals surface area contributed by atoms with Gasteiger partial charge in [0.25, 0.3) is 5.91 Å². The average Bonchev–Trinajstić information content (AvgIpc) is 3.27. The van der Waals surface area contributed by atoms with Gasteiger partial charge in [-0.2, -0.15) is 0 Å². The second kappa shape index (κ2) is 7.60. The molecule has 138 valence electrons. The standard InChI is InChI=1S/C20H24N2O4/c1-14-5-6-18(26-14)20(23)22-8-9-25-19-11-15(10-17(19)22)12-24-13-16-4-2-3-7-21-16/h2-7,15,17,19H,8-13H2,1H3/t15-,17-,19-/m1/s1. The Labute approximate surface area is 153 Å². The van der Waals surface area contributed by atoms with Crippen molar-refractivity contribution >= 4 is 5.91 Å². The molecule has 0 spiro atoms. The van der Waals surface area contributed by atoms with Crippen molar-refractivity contribution in [2.24, 2.45) is 5.92 Å². The molecule has 26 heavy (non-hydrogen) atoms. The number of furan rings is 1. The van der Waals surface area contributed by atoms with Crippen molar-refractivity contribution < 1.29 is 18.7 Å². The van der Waals surface area contributed by atoms with Crippen LogP contribution in [0.3, 0.4) is 0 Å². The molecule has 1 saturated heterocycles. The quantitative estimate of drug-likeness (QED) is 0.824. The summed E-state index contributed by atoms with van der Waals surface area (Å²) in [5, 5.41) is 0. The van der Waals surface area contributed by atoms with E-state index in [1.54, 1.807) is 12.3 Å². The van der Waals surface area contributed by atoms with Gasteiger partial charge >= 0.3 is 0 Å². The monoisotopic (exact) mass is 356 g/mol. The van der Waals surface area contributed by atoms with Crippen LogP contribution in [0.1, 0.15) is 34.9 Å². The molecule has 0 radical (unpaired) electrons. The minimum Gasteiger partial charge on any atom is -0.456 e. The van der Waals surface area contributed by atoms with E-state index in [1.807, 2.05) is 36.1 Å². The van der Waals surface area contributed by atoms with Gasteiger partial charge in [0.15, 0.2) is 5.76 Å². The predicted octanol–water partition coefficient (Wildman–Crippen LogP) is 2.82. The number of hydrogen-bond acceptors (Lipinski definition) is 5. The van der Waals surface area contributed by atoms with Gasteiger partial charge < -0.3 is 18.8 Å². The molecular weight excluding hydrogens is 332 g/mol. The van der Waals surface area contributed by atoms with Crippen molar-refractivity contribution in [3.63, 3.8) is 0 Å². The van der Waals surface area contributed by atoms with Crippen LogP contribution in [-0.4, -0.2) is 47.7 Å². The number of morpholine rings is 1. The number of aromatic nitrogens is 1. The first kappa shape index (κ1) is 17.2. The summed E-state index contributed by atoms with van der Waals surface area (Å²) in [5.74, 6) is 1.52. The lowest BCUT2D eigenvalue weighted by Gasteiger charge is -2.37. The second-order valence-corrected chi connectivity index (χ2v) is 7.06. The Morgan fingerprint density at radius 1 is 1.31 bits per heavy atom. The highest BCUT2D eigenvalue weighted by Gasteiger charge is 2.43. The van der Waals surface area contributed by atoms with Gasteiger partial charge in [0.1, 0.15) is 5.76 Å². The Morgan fingerprint density at radius 2 is 2.23 bits per heavy atom. The van der Waals surface area contributed by atoms with Crippen LogP contribution >= 0.6 is 0 Å². The molecule has 2 aromatic rings. The van der Waals surface area contributed by atoms with Crippen LogP contribution in [-0.2, 0) is 16.1 Å². The van der Waals surface area contributed by atoms with Gasteiger partial charge in [-0.25, -0.2) is 0 Å². The van der Waals surface area contributed by atoms with Crippen LogP contribution in [0.15, 0.2) is 40.9 Å². The molecular formula is C20H24N2O4. The highest BCUT2D eigenvalue weighted by molar-refractivity contribution is 5.92. The fraction of sp³-hybridized carbons (Fsp3) is 0.500. The smallest absolute Gasteiger partial charge is 0.289 e. The van der Waals surface area contributed by atoms with E-state index in [4.69, 9.17) is 13.9 Å². The summed E-state index contributed by atoms with van der Waals surface area (Å²) >= 11 is 0. The van der Waals surface area contributed by atoms with Crippen LogP contribution in [0.25, 0.3) is 0 Å². The van der Waals surface area contributed by atoms with Gasteiger partial charge in [0.05, 0.1) is 37.7 Å². The van der Waals surface area contributed by atoms with E-state index >= 15 is 0 Å². The highest BCUT2D eigenvalue weighted by Crippen LogP contribution is 2.35. The maximum absolute atomic E-state index is 12.8. The molecule has 1 aliphatic carbocycles. The van der Waals surface area contributed by atoms with Crippen LogP contribution in [0.2, 0.25) is 0 Å². The number of ether oxygens (including phenoxy) is 2. The van der Waals surface area contributed by atoms with Crippen molar-refractivity contribution in [3.8, 4) is 0 Å². The third-order valence-electron chi connectivity index (χ3n) is 5.18. The third-order valence-corrected chi connectivity index (χ3v) is 5.18. The summed E-state index contributed by atoms with van der Waals surface area (Å²) in [4.78, 5) is 19.0. The molecule has 3 atom stereocenters. The van der Waals surface area contributed by atoms with Crippen molar-refractivity contribution in [2.45, 2.75) is 38.5 Å². The molecule has 1 aliphatic heterocycles. The minimum absolute atomic E-state index is 0.0357. The molecule has 0 unspecified atom stereocenters. The van der Waals surface area contributed by atoms with Crippen molar-refractivity contribution in [1.29, 1.82) is 0 Å². The molecule has 0 N–H and O–H groups in total. The normalized spacial score (nSPS) is 25.3. The molecule has 0 bridgehead atoms. The van der Waals surface area contributed by atoms with Crippen LogP contribution in [0.5, 0.6) is 0 Å². The van der Waals surface area contributed by atoms with E-state index in [1.165, 1.54) is 0 Å². The van der Waals surface area contributed by atoms with Gasteiger partial charge in [0.2, 0.25) is 0 Å². The molecule has 0 aromatic carbocycles. The molecule has 6 nitrogen and oxygen atoms in total. The summed E-state index contributed by atoms with van der Waals surface area (Å²) in [6.45, 7) is 4.22. The Morgan fingerprint density at radius 3 is 3.00 bits per heavy atom. The van der Waals surface area contributed by atoms with Crippen LogP contribution in [0.4, 0.5) is 0 Å².